The first-order valence-corrected chi connectivity index (χ1v) is 12.0. The van der Waals surface area contributed by atoms with Gasteiger partial charge in [-0.3, -0.25) is 19.2 Å². The maximum Gasteiger partial charge on any atom is 0.343 e. The molecule has 0 N–H and O–H groups in total. The zero-order chi connectivity index (χ0) is 28.6. The Balaban J connectivity index is 1.18. The predicted octanol–water partition coefficient (Wildman–Crippen LogP) is 3.76. The molecule has 2 heterocycles. The Morgan fingerprint density at radius 3 is 1.12 bits per heavy atom. The first-order chi connectivity index (χ1) is 19.1. The summed E-state index contributed by atoms with van der Waals surface area (Å²) in [5, 5.41) is 0. The Bertz CT molecular complexity index is 1520. The van der Waals surface area contributed by atoms with E-state index in [0.717, 1.165) is 9.80 Å². The standard InChI is InChI=1S/C30H20N2O8/c1-17-15-25(33)31(27(17)35)21-7-3-19(4-8-21)29(37)39-23-11-13-24(14-12-23)40-30(38)20-5-9-22(10-6-20)32-26(34)16-18(2)28(32)36/h3-16H,1-2H3. The minimum absolute atomic E-state index is 0.201. The third-order valence-corrected chi connectivity index (χ3v) is 6.17. The van der Waals surface area contributed by atoms with Crippen LogP contribution in [0.15, 0.2) is 96.1 Å². The van der Waals surface area contributed by atoms with Crippen LogP contribution >= 0.6 is 0 Å². The lowest BCUT2D eigenvalue weighted by molar-refractivity contribution is -0.121. The second-order valence-electron chi connectivity index (χ2n) is 8.96. The number of rotatable bonds is 6. The smallest absolute Gasteiger partial charge is 0.343 e. The van der Waals surface area contributed by atoms with Crippen LogP contribution in [0, 0.1) is 0 Å². The maximum absolute atomic E-state index is 12.5. The van der Waals surface area contributed by atoms with Gasteiger partial charge in [-0.2, -0.15) is 0 Å². The monoisotopic (exact) mass is 536 g/mol. The second kappa shape index (κ2) is 10.3. The Morgan fingerprint density at radius 2 is 0.850 bits per heavy atom. The summed E-state index contributed by atoms with van der Waals surface area (Å²) in [5.41, 5.74) is 1.75. The summed E-state index contributed by atoms with van der Waals surface area (Å²) in [7, 11) is 0. The van der Waals surface area contributed by atoms with Crippen molar-refractivity contribution >= 4 is 46.9 Å². The zero-order valence-corrected chi connectivity index (χ0v) is 21.2. The van der Waals surface area contributed by atoms with Crippen LogP contribution in [0.2, 0.25) is 0 Å². The highest BCUT2D eigenvalue weighted by Crippen LogP contribution is 2.25. The minimum Gasteiger partial charge on any atom is -0.423 e. The highest BCUT2D eigenvalue weighted by atomic mass is 16.5. The van der Waals surface area contributed by atoms with Crippen molar-refractivity contribution < 1.29 is 38.2 Å². The summed E-state index contributed by atoms with van der Waals surface area (Å²) in [5.74, 6) is -2.65. The Kier molecular flexibility index (Phi) is 6.66. The number of ether oxygens (including phenoxy) is 2. The molecular weight excluding hydrogens is 516 g/mol. The molecular formula is C30H20N2O8. The number of amides is 4. The van der Waals surface area contributed by atoms with Crippen LogP contribution in [0.5, 0.6) is 11.5 Å². The molecule has 0 aromatic heterocycles. The van der Waals surface area contributed by atoms with E-state index in [1.807, 2.05) is 0 Å². The van der Waals surface area contributed by atoms with Gasteiger partial charge >= 0.3 is 11.9 Å². The first-order valence-electron chi connectivity index (χ1n) is 12.0. The van der Waals surface area contributed by atoms with Crippen molar-refractivity contribution in [1.29, 1.82) is 0 Å². The average Bonchev–Trinajstić information content (AvgIpc) is 3.35. The van der Waals surface area contributed by atoms with Crippen molar-refractivity contribution in [2.75, 3.05) is 9.80 Å². The highest BCUT2D eigenvalue weighted by molar-refractivity contribution is 6.31. The minimum atomic E-state index is -0.662. The van der Waals surface area contributed by atoms with E-state index in [4.69, 9.17) is 9.47 Å². The summed E-state index contributed by atoms with van der Waals surface area (Å²) in [6.07, 6.45) is 2.50. The van der Waals surface area contributed by atoms with Gasteiger partial charge in [-0.05, 0) is 86.6 Å². The lowest BCUT2D eigenvalue weighted by atomic mass is 10.2. The van der Waals surface area contributed by atoms with Crippen LogP contribution in [-0.2, 0) is 19.2 Å². The van der Waals surface area contributed by atoms with Gasteiger partial charge < -0.3 is 9.47 Å². The molecule has 4 amide bonds. The molecule has 2 aliphatic heterocycles. The number of carbonyl (C=O) groups is 6. The number of hydrogen-bond donors (Lipinski definition) is 0. The summed E-state index contributed by atoms with van der Waals surface area (Å²) in [6.45, 7) is 3.11. The first kappa shape index (κ1) is 26.0. The topological polar surface area (TPSA) is 127 Å². The molecule has 0 fully saturated rings. The van der Waals surface area contributed by atoms with E-state index in [0.29, 0.717) is 22.5 Å². The molecule has 0 aliphatic carbocycles. The highest BCUT2D eigenvalue weighted by Gasteiger charge is 2.30. The fourth-order valence-corrected chi connectivity index (χ4v) is 4.07. The third-order valence-electron chi connectivity index (χ3n) is 6.17. The lowest BCUT2D eigenvalue weighted by Gasteiger charge is -2.15. The van der Waals surface area contributed by atoms with Crippen molar-refractivity contribution in [2.24, 2.45) is 0 Å². The lowest BCUT2D eigenvalue weighted by Crippen LogP contribution is -2.30. The van der Waals surface area contributed by atoms with Crippen LogP contribution in [0.25, 0.3) is 0 Å². The van der Waals surface area contributed by atoms with E-state index in [2.05, 4.69) is 0 Å². The molecule has 0 saturated carbocycles. The molecule has 0 atom stereocenters. The van der Waals surface area contributed by atoms with Gasteiger partial charge in [-0.15, -0.1) is 0 Å². The Morgan fingerprint density at radius 1 is 0.525 bits per heavy atom. The third kappa shape index (κ3) is 4.93. The van der Waals surface area contributed by atoms with Gasteiger partial charge in [0.1, 0.15) is 11.5 Å². The van der Waals surface area contributed by atoms with Gasteiger partial charge in [-0.25, -0.2) is 19.4 Å². The van der Waals surface area contributed by atoms with Crippen LogP contribution < -0.4 is 19.3 Å². The summed E-state index contributed by atoms with van der Waals surface area (Å²) < 4.78 is 10.7. The summed E-state index contributed by atoms with van der Waals surface area (Å²) in [4.78, 5) is 75.4. The van der Waals surface area contributed by atoms with Gasteiger partial charge in [0.2, 0.25) is 0 Å². The number of benzene rings is 3. The average molecular weight is 536 g/mol. The van der Waals surface area contributed by atoms with Gasteiger partial charge in [0.25, 0.3) is 23.6 Å². The van der Waals surface area contributed by atoms with E-state index in [-0.39, 0.29) is 22.6 Å². The number of esters is 2. The molecule has 0 saturated heterocycles. The van der Waals surface area contributed by atoms with Crippen LogP contribution in [0.3, 0.4) is 0 Å². The van der Waals surface area contributed by atoms with Gasteiger partial charge in [0.05, 0.1) is 22.5 Å². The molecule has 198 valence electrons. The van der Waals surface area contributed by atoms with E-state index in [1.165, 1.54) is 84.9 Å². The molecule has 0 bridgehead atoms. The van der Waals surface area contributed by atoms with E-state index >= 15 is 0 Å². The molecule has 3 aromatic rings. The molecule has 40 heavy (non-hydrogen) atoms. The molecule has 10 nitrogen and oxygen atoms in total. The molecule has 0 radical (unpaired) electrons. The van der Waals surface area contributed by atoms with Crippen LogP contribution in [0.1, 0.15) is 34.6 Å². The normalized spacial score (nSPS) is 14.8. The van der Waals surface area contributed by atoms with Crippen molar-refractivity contribution in [1.82, 2.24) is 0 Å². The maximum atomic E-state index is 12.5. The quantitative estimate of drug-likeness (QED) is 0.265. The molecule has 5 rings (SSSR count). The van der Waals surface area contributed by atoms with Gasteiger partial charge in [0, 0.05) is 23.3 Å². The van der Waals surface area contributed by atoms with Crippen molar-refractivity contribution in [3.8, 4) is 11.5 Å². The largest absolute Gasteiger partial charge is 0.423 e. The number of anilines is 2. The number of carbonyl (C=O) groups excluding carboxylic acids is 6. The SMILES string of the molecule is CC1=CC(=O)N(c2ccc(C(=O)Oc3ccc(OC(=O)c4ccc(N5C(=O)C=C(C)C5=O)cc4)cc3)cc2)C1=O. The second-order valence-corrected chi connectivity index (χ2v) is 8.96. The van der Waals surface area contributed by atoms with Gasteiger partial charge in [0.15, 0.2) is 0 Å². The Hall–Kier alpha value is -5.64. The summed E-state index contributed by atoms with van der Waals surface area (Å²) >= 11 is 0. The molecule has 2 aliphatic rings. The fraction of sp³-hybridized carbons (Fsp3) is 0.0667. The summed E-state index contributed by atoms with van der Waals surface area (Å²) in [6, 6.07) is 17.5. The Labute approximate surface area is 227 Å². The number of nitrogens with zero attached hydrogens (tertiary/aromatic N) is 2. The number of hydrogen-bond acceptors (Lipinski definition) is 8. The van der Waals surface area contributed by atoms with E-state index in [9.17, 15) is 28.8 Å². The van der Waals surface area contributed by atoms with Crippen LogP contribution in [-0.4, -0.2) is 35.6 Å². The molecule has 10 heteroatoms. The molecule has 0 spiro atoms. The van der Waals surface area contributed by atoms with E-state index in [1.54, 1.807) is 13.8 Å². The van der Waals surface area contributed by atoms with Crippen molar-refractivity contribution in [3.05, 3.63) is 107 Å². The molecule has 3 aromatic carbocycles. The van der Waals surface area contributed by atoms with Crippen LogP contribution in [0.4, 0.5) is 11.4 Å². The van der Waals surface area contributed by atoms with E-state index < -0.39 is 35.6 Å². The zero-order valence-electron chi connectivity index (χ0n) is 21.2. The van der Waals surface area contributed by atoms with Crippen molar-refractivity contribution in [2.45, 2.75) is 13.8 Å². The van der Waals surface area contributed by atoms with Gasteiger partial charge in [-0.1, -0.05) is 0 Å². The fourth-order valence-electron chi connectivity index (χ4n) is 4.07. The predicted molar refractivity (Wildman–Crippen MR) is 142 cm³/mol. The number of imide groups is 2. The molecule has 0 unspecified atom stereocenters. The van der Waals surface area contributed by atoms with Crippen molar-refractivity contribution in [3.63, 3.8) is 0 Å².